The van der Waals surface area contributed by atoms with E-state index in [2.05, 4.69) is 173 Å². The molecular weight excluding hydrogens is 673 g/mol. The minimum absolute atomic E-state index is 1.27. The highest BCUT2D eigenvalue weighted by Crippen LogP contribution is 2.61. The summed E-state index contributed by atoms with van der Waals surface area (Å²) in [5, 5.41) is 16.3. The Balaban J connectivity index is 1.18. The molecule has 0 fully saturated rings. The maximum absolute atomic E-state index is 2.45. The first-order chi connectivity index (χ1) is 27.5. The second kappa shape index (κ2) is 10.5. The fraction of sp³-hybridized carbons (Fsp3) is 0.0714. The largest absolute Gasteiger partial charge is 0.0616 e. The van der Waals surface area contributed by atoms with E-state index in [9.17, 15) is 0 Å². The molecule has 56 heavy (non-hydrogen) atoms. The summed E-state index contributed by atoms with van der Waals surface area (Å²) in [6.07, 6.45) is 0. The molecule has 0 unspecified atom stereocenters. The van der Waals surface area contributed by atoms with E-state index in [0.717, 1.165) is 0 Å². The molecule has 11 aromatic carbocycles. The zero-order valence-corrected chi connectivity index (χ0v) is 31.9. The van der Waals surface area contributed by atoms with Gasteiger partial charge >= 0.3 is 0 Å². The normalized spacial score (nSPS) is 12.6. The molecule has 0 aliphatic heterocycles. The van der Waals surface area contributed by atoms with Gasteiger partial charge in [-0.05, 0) is 170 Å². The molecule has 0 atom stereocenters. The Kier molecular flexibility index (Phi) is 5.73. The molecule has 13 rings (SSSR count). The number of hydrogen-bond acceptors (Lipinski definition) is 0. The van der Waals surface area contributed by atoms with E-state index >= 15 is 0 Å². The van der Waals surface area contributed by atoms with Crippen LogP contribution in [0.15, 0.2) is 146 Å². The van der Waals surface area contributed by atoms with Crippen molar-refractivity contribution in [2.45, 2.75) is 27.7 Å². The number of aryl methyl sites for hydroxylation is 4. The fourth-order valence-electron chi connectivity index (χ4n) is 11.2. The molecule has 0 bridgehead atoms. The predicted molar refractivity (Wildman–Crippen MR) is 241 cm³/mol. The lowest BCUT2D eigenvalue weighted by Crippen LogP contribution is -1.93. The van der Waals surface area contributed by atoms with Gasteiger partial charge in [0, 0.05) is 0 Å². The third-order valence-corrected chi connectivity index (χ3v) is 13.6. The molecule has 0 radical (unpaired) electrons. The molecule has 0 saturated heterocycles. The Morgan fingerprint density at radius 2 is 0.554 bits per heavy atom. The molecule has 0 aromatic heterocycles. The lowest BCUT2D eigenvalue weighted by molar-refractivity contribution is 1.47. The molecule has 0 heterocycles. The SMILES string of the molecule is Cc1ccc(-c2c3c(c(-c4ccc(C)cc4)c4ccccc24)-c2ccc4c5ccc6c7c(ccc(c8ccc-3c2c84)c75)-c2c-6c(C)c3ccccc3c2C)cc1. The van der Waals surface area contributed by atoms with Crippen LogP contribution in [-0.4, -0.2) is 0 Å². The summed E-state index contributed by atoms with van der Waals surface area (Å²) in [7, 11) is 0. The fourth-order valence-corrected chi connectivity index (χ4v) is 11.2. The lowest BCUT2D eigenvalue weighted by atomic mass is 9.82. The summed E-state index contributed by atoms with van der Waals surface area (Å²) in [6.45, 7) is 9.01. The summed E-state index contributed by atoms with van der Waals surface area (Å²) in [5.74, 6) is 0. The van der Waals surface area contributed by atoms with Crippen molar-refractivity contribution < 1.29 is 0 Å². The van der Waals surface area contributed by atoms with Gasteiger partial charge in [-0.3, -0.25) is 0 Å². The quantitative estimate of drug-likeness (QED) is 0.124. The Morgan fingerprint density at radius 3 is 0.911 bits per heavy atom. The number of rotatable bonds is 2. The topological polar surface area (TPSA) is 0 Å². The third kappa shape index (κ3) is 3.61. The number of fused-ring (bicyclic) bond motifs is 10. The molecule has 260 valence electrons. The summed E-state index contributed by atoms with van der Waals surface area (Å²) < 4.78 is 0. The van der Waals surface area contributed by atoms with Crippen LogP contribution in [0.2, 0.25) is 0 Å². The van der Waals surface area contributed by atoms with Crippen LogP contribution in [0, 0.1) is 27.7 Å². The van der Waals surface area contributed by atoms with Crippen LogP contribution >= 0.6 is 0 Å². The Morgan fingerprint density at radius 1 is 0.232 bits per heavy atom. The van der Waals surface area contributed by atoms with Gasteiger partial charge < -0.3 is 0 Å². The highest BCUT2D eigenvalue weighted by Gasteiger charge is 2.34. The van der Waals surface area contributed by atoms with Crippen molar-refractivity contribution in [3.63, 3.8) is 0 Å². The average molecular weight is 709 g/mol. The van der Waals surface area contributed by atoms with Gasteiger partial charge in [-0.25, -0.2) is 0 Å². The summed E-state index contributed by atoms with van der Waals surface area (Å²) in [6, 6.07) is 55.9. The van der Waals surface area contributed by atoms with Gasteiger partial charge in [-0.2, -0.15) is 0 Å². The third-order valence-electron chi connectivity index (χ3n) is 13.6. The monoisotopic (exact) mass is 708 g/mol. The molecule has 0 amide bonds. The molecule has 2 aliphatic rings. The van der Waals surface area contributed by atoms with E-state index < -0.39 is 0 Å². The molecule has 0 heteroatoms. The van der Waals surface area contributed by atoms with Gasteiger partial charge in [0.25, 0.3) is 0 Å². The van der Waals surface area contributed by atoms with E-state index in [0.29, 0.717) is 0 Å². The van der Waals surface area contributed by atoms with Crippen LogP contribution in [0.5, 0.6) is 0 Å². The Hall–Kier alpha value is -6.76. The highest BCUT2D eigenvalue weighted by atomic mass is 14.4. The van der Waals surface area contributed by atoms with Crippen molar-refractivity contribution in [3.05, 3.63) is 168 Å². The van der Waals surface area contributed by atoms with Crippen molar-refractivity contribution in [3.8, 4) is 66.8 Å². The molecule has 0 spiro atoms. The van der Waals surface area contributed by atoms with Crippen LogP contribution in [0.4, 0.5) is 0 Å². The van der Waals surface area contributed by atoms with E-state index in [4.69, 9.17) is 0 Å². The van der Waals surface area contributed by atoms with Gasteiger partial charge in [-0.1, -0.05) is 157 Å². The molecule has 2 aliphatic carbocycles. The maximum Gasteiger partial charge on any atom is -0.000740 e. The Labute approximate surface area is 325 Å². The molecular formula is C56H36. The minimum atomic E-state index is 1.27. The van der Waals surface area contributed by atoms with E-state index in [-0.39, 0.29) is 0 Å². The van der Waals surface area contributed by atoms with Crippen molar-refractivity contribution in [1.29, 1.82) is 0 Å². The molecule has 0 nitrogen and oxygen atoms in total. The molecule has 11 aromatic rings. The van der Waals surface area contributed by atoms with Crippen molar-refractivity contribution in [2.75, 3.05) is 0 Å². The van der Waals surface area contributed by atoms with Crippen LogP contribution in [0.25, 0.3) is 131 Å². The van der Waals surface area contributed by atoms with Crippen molar-refractivity contribution in [2.24, 2.45) is 0 Å². The lowest BCUT2D eigenvalue weighted by Gasteiger charge is -2.20. The summed E-state index contributed by atoms with van der Waals surface area (Å²) in [4.78, 5) is 0. The van der Waals surface area contributed by atoms with Crippen LogP contribution < -0.4 is 0 Å². The van der Waals surface area contributed by atoms with E-state index in [1.165, 1.54) is 154 Å². The zero-order valence-electron chi connectivity index (χ0n) is 31.9. The highest BCUT2D eigenvalue weighted by molar-refractivity contribution is 6.41. The van der Waals surface area contributed by atoms with Crippen LogP contribution in [-0.2, 0) is 0 Å². The maximum atomic E-state index is 2.45. The number of hydrogen-bond donors (Lipinski definition) is 0. The van der Waals surface area contributed by atoms with Crippen molar-refractivity contribution >= 4 is 64.6 Å². The minimum Gasteiger partial charge on any atom is -0.0616 e. The second-order valence-electron chi connectivity index (χ2n) is 16.5. The van der Waals surface area contributed by atoms with Gasteiger partial charge in [0.15, 0.2) is 0 Å². The van der Waals surface area contributed by atoms with Crippen molar-refractivity contribution in [1.82, 2.24) is 0 Å². The van der Waals surface area contributed by atoms with Gasteiger partial charge in [0.05, 0.1) is 0 Å². The molecule has 0 saturated carbocycles. The summed E-state index contributed by atoms with van der Waals surface area (Å²) in [5.41, 5.74) is 21.5. The standard InChI is InChI=1S/C56H36/c1-29-13-17-33(18-14-29)49-37-11-7-8-12-38(37)50(34-19-15-30(2)16-20-34)56-46-28-24-42-40-22-26-44-48-32(4)36-10-6-5-9-35(36)31(3)47(48)43-25-21-39(51(40)53(43)44)41-23-27-45(55(49)56)54(46)52(41)42/h5-28H,1-4H3. The van der Waals surface area contributed by atoms with Crippen LogP contribution in [0.1, 0.15) is 22.3 Å². The first kappa shape index (κ1) is 30.6. The summed E-state index contributed by atoms with van der Waals surface area (Å²) >= 11 is 0. The predicted octanol–water partition coefficient (Wildman–Crippen LogP) is 15.9. The number of benzene rings is 11. The molecule has 0 N–H and O–H groups in total. The smallest absolute Gasteiger partial charge is 0.000740 e. The van der Waals surface area contributed by atoms with E-state index in [1.54, 1.807) is 0 Å². The Bertz CT molecular complexity index is 3350. The first-order valence-corrected chi connectivity index (χ1v) is 19.9. The zero-order chi connectivity index (χ0) is 37.1. The average Bonchev–Trinajstić information content (AvgIpc) is 3.76. The van der Waals surface area contributed by atoms with Gasteiger partial charge in [0.1, 0.15) is 0 Å². The first-order valence-electron chi connectivity index (χ1n) is 19.9. The van der Waals surface area contributed by atoms with Gasteiger partial charge in [-0.15, -0.1) is 0 Å². The van der Waals surface area contributed by atoms with Crippen LogP contribution in [0.3, 0.4) is 0 Å². The van der Waals surface area contributed by atoms with E-state index in [1.807, 2.05) is 0 Å². The second-order valence-corrected chi connectivity index (χ2v) is 16.5. The van der Waals surface area contributed by atoms with Gasteiger partial charge in [0.2, 0.25) is 0 Å².